The third-order valence-electron chi connectivity index (χ3n) is 2.18. The van der Waals surface area contributed by atoms with Gasteiger partial charge in [0, 0.05) is 6.21 Å². The smallest absolute Gasteiger partial charge is 0.265 e. The summed E-state index contributed by atoms with van der Waals surface area (Å²) in [5, 5.41) is 3.48. The lowest BCUT2D eigenvalue weighted by atomic mass is 10.2. The summed E-state index contributed by atoms with van der Waals surface area (Å²) in [6.45, 7) is 2.10. The zero-order chi connectivity index (χ0) is 12.6. The molecule has 5 heteroatoms. The molecule has 0 saturated heterocycles. The molecule has 0 aliphatic rings. The normalized spacial score (nSPS) is 11.8. The second kappa shape index (κ2) is 7.06. The molecule has 0 saturated carbocycles. The molecule has 94 valence electrons. The Bertz CT molecular complexity index is 440. The van der Waals surface area contributed by atoms with Crippen molar-refractivity contribution in [3.63, 3.8) is 0 Å². The van der Waals surface area contributed by atoms with Crippen LogP contribution in [0.1, 0.15) is 32.6 Å². The van der Waals surface area contributed by atoms with Gasteiger partial charge in [-0.05, 0) is 25.0 Å². The molecule has 0 amide bonds. The van der Waals surface area contributed by atoms with Crippen LogP contribution in [-0.2, 0) is 14.4 Å². The third-order valence-corrected chi connectivity index (χ3v) is 3.32. The van der Waals surface area contributed by atoms with Crippen molar-refractivity contribution in [1.29, 1.82) is 0 Å². The van der Waals surface area contributed by atoms with Gasteiger partial charge in [0.1, 0.15) is 4.90 Å². The van der Waals surface area contributed by atoms with Gasteiger partial charge in [0.2, 0.25) is 0 Å². The summed E-state index contributed by atoms with van der Waals surface area (Å²) in [6.07, 6.45) is 5.46. The summed E-state index contributed by atoms with van der Waals surface area (Å²) < 4.78 is 27.7. The van der Waals surface area contributed by atoms with E-state index in [-0.39, 0.29) is 4.90 Å². The lowest BCUT2D eigenvalue weighted by molar-refractivity contribution is 0.339. The number of nitrogens with zero attached hydrogens (tertiary/aromatic N) is 1. The number of hydrogen-bond acceptors (Lipinski definition) is 4. The quantitative estimate of drug-likeness (QED) is 0.427. The molecule has 0 unspecified atom stereocenters. The highest BCUT2D eigenvalue weighted by Crippen LogP contribution is 2.11. The van der Waals surface area contributed by atoms with E-state index in [4.69, 9.17) is 0 Å². The first-order valence-corrected chi connectivity index (χ1v) is 7.08. The van der Waals surface area contributed by atoms with Gasteiger partial charge in [-0.2, -0.15) is 8.42 Å². The van der Waals surface area contributed by atoms with Gasteiger partial charge in [-0.15, -0.1) is 0 Å². The van der Waals surface area contributed by atoms with Gasteiger partial charge in [0.05, 0.1) is 0 Å². The van der Waals surface area contributed by atoms with E-state index in [9.17, 15) is 8.42 Å². The Morgan fingerprint density at radius 2 is 1.94 bits per heavy atom. The van der Waals surface area contributed by atoms with Crippen molar-refractivity contribution in [2.45, 2.75) is 37.5 Å². The molecule has 0 fully saturated rings. The fourth-order valence-electron chi connectivity index (χ4n) is 1.26. The van der Waals surface area contributed by atoms with Crippen LogP contribution in [-0.4, -0.2) is 14.6 Å². The largest absolute Gasteiger partial charge is 0.358 e. The highest BCUT2D eigenvalue weighted by atomic mass is 32.2. The minimum atomic E-state index is -3.75. The molecule has 0 aliphatic heterocycles. The highest BCUT2D eigenvalue weighted by molar-refractivity contribution is 7.86. The van der Waals surface area contributed by atoms with Crippen molar-refractivity contribution in [2.24, 2.45) is 5.16 Å². The SMILES string of the molecule is CCCCCC=NOS(=O)(=O)c1ccccc1. The van der Waals surface area contributed by atoms with Crippen molar-refractivity contribution < 1.29 is 12.7 Å². The molecule has 0 heterocycles. The minimum absolute atomic E-state index is 0.116. The molecule has 0 radical (unpaired) electrons. The maximum absolute atomic E-state index is 11.6. The first-order chi connectivity index (χ1) is 8.17. The number of oxime groups is 1. The summed E-state index contributed by atoms with van der Waals surface area (Å²) in [7, 11) is -3.75. The number of rotatable bonds is 7. The zero-order valence-corrected chi connectivity index (χ0v) is 10.7. The molecule has 4 nitrogen and oxygen atoms in total. The average Bonchev–Trinajstić information content (AvgIpc) is 2.35. The summed E-state index contributed by atoms with van der Waals surface area (Å²) in [4.78, 5) is 0.116. The fraction of sp³-hybridized carbons (Fsp3) is 0.417. The van der Waals surface area contributed by atoms with Crippen LogP contribution in [0, 0.1) is 0 Å². The van der Waals surface area contributed by atoms with Crippen LogP contribution in [0.15, 0.2) is 40.4 Å². The van der Waals surface area contributed by atoms with Crippen LogP contribution in [0.25, 0.3) is 0 Å². The fourth-order valence-corrected chi connectivity index (χ4v) is 2.01. The second-order valence-corrected chi connectivity index (χ2v) is 5.15. The molecule has 1 aromatic carbocycles. The average molecular weight is 255 g/mol. The van der Waals surface area contributed by atoms with E-state index < -0.39 is 10.1 Å². The molecule has 0 atom stereocenters. The molecule has 0 aliphatic carbocycles. The molecule has 1 rings (SSSR count). The van der Waals surface area contributed by atoms with E-state index in [0.29, 0.717) is 0 Å². The number of benzene rings is 1. The van der Waals surface area contributed by atoms with E-state index in [1.165, 1.54) is 18.3 Å². The van der Waals surface area contributed by atoms with Crippen molar-refractivity contribution in [2.75, 3.05) is 0 Å². The van der Waals surface area contributed by atoms with Crippen LogP contribution in [0.3, 0.4) is 0 Å². The van der Waals surface area contributed by atoms with Gasteiger partial charge >= 0.3 is 10.1 Å². The van der Waals surface area contributed by atoms with Gasteiger partial charge in [-0.1, -0.05) is 43.1 Å². The summed E-state index contributed by atoms with van der Waals surface area (Å²) in [6, 6.07) is 7.97. The van der Waals surface area contributed by atoms with E-state index in [1.54, 1.807) is 18.2 Å². The van der Waals surface area contributed by atoms with Crippen molar-refractivity contribution in [1.82, 2.24) is 0 Å². The van der Waals surface area contributed by atoms with Crippen molar-refractivity contribution in [3.05, 3.63) is 30.3 Å². The van der Waals surface area contributed by atoms with Crippen molar-refractivity contribution in [3.8, 4) is 0 Å². The standard InChI is InChI=1S/C12H17NO3S/c1-2-3-4-8-11-13-16-17(14,15)12-9-6-5-7-10-12/h5-7,9-11H,2-4,8H2,1H3. The third kappa shape index (κ3) is 4.99. The first-order valence-electron chi connectivity index (χ1n) is 5.67. The molecule has 0 N–H and O–H groups in total. The molecule has 17 heavy (non-hydrogen) atoms. The summed E-state index contributed by atoms with van der Waals surface area (Å²) in [5.41, 5.74) is 0. The topological polar surface area (TPSA) is 55.7 Å². The van der Waals surface area contributed by atoms with E-state index >= 15 is 0 Å². The maximum atomic E-state index is 11.6. The summed E-state index contributed by atoms with van der Waals surface area (Å²) >= 11 is 0. The number of unbranched alkanes of at least 4 members (excludes halogenated alkanes) is 3. The van der Waals surface area contributed by atoms with Gasteiger partial charge in [0.15, 0.2) is 0 Å². The lowest BCUT2D eigenvalue weighted by Crippen LogP contribution is -2.02. The highest BCUT2D eigenvalue weighted by Gasteiger charge is 2.13. The Kier molecular flexibility index (Phi) is 5.69. The van der Waals surface area contributed by atoms with Crippen LogP contribution in [0.5, 0.6) is 0 Å². The molecule has 0 aromatic heterocycles. The predicted octanol–water partition coefficient (Wildman–Crippen LogP) is 2.96. The van der Waals surface area contributed by atoms with Gasteiger partial charge < -0.3 is 0 Å². The molecule has 1 aromatic rings. The van der Waals surface area contributed by atoms with Crippen LogP contribution in [0.2, 0.25) is 0 Å². The Morgan fingerprint density at radius 3 is 2.59 bits per heavy atom. The second-order valence-electron chi connectivity index (χ2n) is 3.63. The molecule has 0 bridgehead atoms. The van der Waals surface area contributed by atoms with E-state index in [2.05, 4.69) is 16.4 Å². The summed E-state index contributed by atoms with van der Waals surface area (Å²) in [5.74, 6) is 0. The molecular weight excluding hydrogens is 238 g/mol. The Balaban J connectivity index is 2.46. The van der Waals surface area contributed by atoms with Crippen LogP contribution >= 0.6 is 0 Å². The Morgan fingerprint density at radius 1 is 1.24 bits per heavy atom. The van der Waals surface area contributed by atoms with Crippen LogP contribution < -0.4 is 0 Å². The van der Waals surface area contributed by atoms with E-state index in [1.807, 2.05) is 0 Å². The predicted molar refractivity (Wildman–Crippen MR) is 67.3 cm³/mol. The van der Waals surface area contributed by atoms with Crippen LogP contribution in [0.4, 0.5) is 0 Å². The number of hydrogen-bond donors (Lipinski definition) is 0. The molecular formula is C12H17NO3S. The first kappa shape index (κ1) is 13.7. The molecule has 0 spiro atoms. The van der Waals surface area contributed by atoms with Gasteiger partial charge in [0.25, 0.3) is 0 Å². The lowest BCUT2D eigenvalue weighted by Gasteiger charge is -2.00. The van der Waals surface area contributed by atoms with Gasteiger partial charge in [-0.3, -0.25) is 4.28 Å². The Labute approximate surface area is 102 Å². The van der Waals surface area contributed by atoms with Crippen molar-refractivity contribution >= 4 is 16.3 Å². The zero-order valence-electron chi connectivity index (χ0n) is 9.87. The van der Waals surface area contributed by atoms with E-state index in [0.717, 1.165) is 25.7 Å². The Hall–Kier alpha value is -1.36. The maximum Gasteiger partial charge on any atom is 0.358 e. The monoisotopic (exact) mass is 255 g/mol. The van der Waals surface area contributed by atoms with Gasteiger partial charge in [-0.25, -0.2) is 0 Å². The minimum Gasteiger partial charge on any atom is -0.265 e.